The van der Waals surface area contributed by atoms with Crippen molar-refractivity contribution < 1.29 is 23.5 Å². The van der Waals surface area contributed by atoms with E-state index in [-0.39, 0.29) is 35.4 Å². The topological polar surface area (TPSA) is 84.5 Å². The van der Waals surface area contributed by atoms with Gasteiger partial charge < -0.3 is 10.1 Å². The number of esters is 1. The fourth-order valence-corrected chi connectivity index (χ4v) is 3.12. The number of ether oxygens (including phenoxy) is 1. The van der Waals surface area contributed by atoms with E-state index in [0.717, 1.165) is 5.56 Å². The molecular weight excluding hydrogens is 351 g/mol. The third-order valence-corrected chi connectivity index (χ3v) is 4.30. The van der Waals surface area contributed by atoms with Gasteiger partial charge in [-0.3, -0.25) is 14.9 Å². The minimum absolute atomic E-state index is 0.0430. The summed E-state index contributed by atoms with van der Waals surface area (Å²) in [7, 11) is 1.55. The number of alkyl halides is 1. The van der Waals surface area contributed by atoms with Gasteiger partial charge in [-0.15, -0.1) is 0 Å². The van der Waals surface area contributed by atoms with Gasteiger partial charge in [-0.1, -0.05) is 30.3 Å². The van der Waals surface area contributed by atoms with E-state index in [4.69, 9.17) is 4.74 Å². The molecule has 0 spiro atoms. The summed E-state index contributed by atoms with van der Waals surface area (Å²) >= 11 is 0. The summed E-state index contributed by atoms with van der Waals surface area (Å²) in [4.78, 5) is 36.8. The molecule has 1 heterocycles. The Labute approximate surface area is 155 Å². The average molecular weight is 370 g/mol. The Morgan fingerprint density at radius 1 is 1.22 bits per heavy atom. The molecule has 3 rings (SSSR count). The maximum Gasteiger partial charge on any atom is 0.338 e. The number of hydrogen-bond donors (Lipinski definition) is 2. The monoisotopic (exact) mass is 370 g/mol. The minimum atomic E-state index is -1.25. The predicted octanol–water partition coefficient (Wildman–Crippen LogP) is 2.87. The standard InChI is InChI=1S/C20H19FN2O4/c1-11(21)8-13-14(20(26)27-10-12-6-4-3-5-7-12)9-15-16(17(13)22-2)19(25)23-18(15)24/h3-7,9,11,22H,8,10H2,1-2H3,(H,23,24,25). The molecule has 0 radical (unpaired) electrons. The number of carbonyl (C=O) groups excluding carboxylic acids is 3. The Morgan fingerprint density at radius 2 is 1.93 bits per heavy atom. The zero-order valence-corrected chi connectivity index (χ0v) is 15.0. The highest BCUT2D eigenvalue weighted by molar-refractivity contribution is 6.25. The summed E-state index contributed by atoms with van der Waals surface area (Å²) in [5.74, 6) is -1.85. The summed E-state index contributed by atoms with van der Waals surface area (Å²) in [6.07, 6.45) is -1.35. The first-order valence-corrected chi connectivity index (χ1v) is 8.50. The lowest BCUT2D eigenvalue weighted by Gasteiger charge is -2.17. The van der Waals surface area contributed by atoms with Crippen molar-refractivity contribution in [2.45, 2.75) is 26.1 Å². The molecule has 2 aromatic carbocycles. The van der Waals surface area contributed by atoms with E-state index >= 15 is 0 Å². The zero-order chi connectivity index (χ0) is 19.6. The number of hydrogen-bond acceptors (Lipinski definition) is 5. The lowest BCUT2D eigenvalue weighted by atomic mass is 9.93. The van der Waals surface area contributed by atoms with Gasteiger partial charge in [0.15, 0.2) is 0 Å². The smallest absolute Gasteiger partial charge is 0.338 e. The van der Waals surface area contributed by atoms with Crippen molar-refractivity contribution in [3.05, 3.63) is 64.2 Å². The second-order valence-corrected chi connectivity index (χ2v) is 6.28. The van der Waals surface area contributed by atoms with Crippen LogP contribution in [0.15, 0.2) is 36.4 Å². The van der Waals surface area contributed by atoms with Crippen molar-refractivity contribution >= 4 is 23.5 Å². The molecule has 0 aromatic heterocycles. The van der Waals surface area contributed by atoms with Gasteiger partial charge in [0.05, 0.1) is 22.4 Å². The number of carbonyl (C=O) groups is 3. The van der Waals surface area contributed by atoms with Crippen LogP contribution in [0.1, 0.15) is 49.1 Å². The van der Waals surface area contributed by atoms with Crippen molar-refractivity contribution in [1.82, 2.24) is 5.32 Å². The Morgan fingerprint density at radius 3 is 2.56 bits per heavy atom. The van der Waals surface area contributed by atoms with Crippen LogP contribution < -0.4 is 10.6 Å². The number of rotatable bonds is 6. The number of nitrogens with one attached hydrogen (secondary N) is 2. The summed E-state index contributed by atoms with van der Waals surface area (Å²) in [5, 5.41) is 5.03. The lowest BCUT2D eigenvalue weighted by Crippen LogP contribution is -2.20. The van der Waals surface area contributed by atoms with E-state index in [2.05, 4.69) is 10.6 Å². The molecule has 6 nitrogen and oxygen atoms in total. The van der Waals surface area contributed by atoms with E-state index in [1.807, 2.05) is 30.3 Å². The number of anilines is 1. The number of halogens is 1. The highest BCUT2D eigenvalue weighted by Gasteiger charge is 2.34. The molecule has 0 saturated carbocycles. The van der Waals surface area contributed by atoms with E-state index in [1.165, 1.54) is 13.0 Å². The van der Waals surface area contributed by atoms with Crippen LogP contribution in [0.2, 0.25) is 0 Å². The number of imide groups is 1. The molecule has 2 amide bonds. The van der Waals surface area contributed by atoms with Gasteiger partial charge in [-0.25, -0.2) is 9.18 Å². The highest BCUT2D eigenvalue weighted by Crippen LogP contribution is 2.33. The van der Waals surface area contributed by atoms with Crippen LogP contribution in [0.4, 0.5) is 10.1 Å². The Bertz CT molecular complexity index is 910. The molecule has 7 heteroatoms. The summed E-state index contributed by atoms with van der Waals surface area (Å²) in [6, 6.07) is 10.4. The van der Waals surface area contributed by atoms with Crippen molar-refractivity contribution in [3.8, 4) is 0 Å². The van der Waals surface area contributed by atoms with Gasteiger partial charge >= 0.3 is 5.97 Å². The Hall–Kier alpha value is -3.22. The molecule has 1 aliphatic rings. The molecule has 2 aromatic rings. The van der Waals surface area contributed by atoms with Crippen LogP contribution >= 0.6 is 0 Å². The minimum Gasteiger partial charge on any atom is -0.457 e. The molecule has 1 unspecified atom stereocenters. The van der Waals surface area contributed by atoms with Gasteiger partial charge in [0.1, 0.15) is 12.8 Å². The molecule has 1 aliphatic heterocycles. The zero-order valence-electron chi connectivity index (χ0n) is 15.0. The Kier molecular flexibility index (Phi) is 5.21. The van der Waals surface area contributed by atoms with Gasteiger partial charge in [0.25, 0.3) is 11.8 Å². The van der Waals surface area contributed by atoms with Gasteiger partial charge in [0, 0.05) is 13.5 Å². The maximum atomic E-state index is 13.8. The fourth-order valence-electron chi connectivity index (χ4n) is 3.12. The van der Waals surface area contributed by atoms with E-state index in [9.17, 15) is 18.8 Å². The first-order chi connectivity index (χ1) is 12.9. The molecule has 2 N–H and O–H groups in total. The predicted molar refractivity (Wildman–Crippen MR) is 97.6 cm³/mol. The number of benzene rings is 2. The van der Waals surface area contributed by atoms with Gasteiger partial charge in [-0.05, 0) is 24.1 Å². The highest BCUT2D eigenvalue weighted by atomic mass is 19.1. The van der Waals surface area contributed by atoms with E-state index in [1.54, 1.807) is 7.05 Å². The second kappa shape index (κ2) is 7.57. The molecule has 0 saturated heterocycles. The second-order valence-electron chi connectivity index (χ2n) is 6.28. The van der Waals surface area contributed by atoms with E-state index < -0.39 is 24.0 Å². The van der Waals surface area contributed by atoms with Crippen LogP contribution in [0.5, 0.6) is 0 Å². The largest absolute Gasteiger partial charge is 0.457 e. The van der Waals surface area contributed by atoms with Crippen LogP contribution in [0.25, 0.3) is 0 Å². The fraction of sp³-hybridized carbons (Fsp3) is 0.250. The third-order valence-electron chi connectivity index (χ3n) is 4.30. The molecule has 1 atom stereocenters. The van der Waals surface area contributed by atoms with Crippen molar-refractivity contribution in [2.24, 2.45) is 0 Å². The number of fused-ring (bicyclic) bond motifs is 1. The van der Waals surface area contributed by atoms with Gasteiger partial charge in [0.2, 0.25) is 0 Å². The molecule has 0 bridgehead atoms. The van der Waals surface area contributed by atoms with Crippen LogP contribution in [0.3, 0.4) is 0 Å². The third kappa shape index (κ3) is 3.67. The van der Waals surface area contributed by atoms with Crippen LogP contribution in [-0.2, 0) is 17.8 Å². The Balaban J connectivity index is 2.02. The summed E-state index contributed by atoms with van der Waals surface area (Å²) in [5.41, 5.74) is 1.66. The molecular formula is C20H19FN2O4. The molecule has 27 heavy (non-hydrogen) atoms. The quantitative estimate of drug-likeness (QED) is 0.603. The van der Waals surface area contributed by atoms with Crippen LogP contribution in [0, 0.1) is 0 Å². The first-order valence-electron chi connectivity index (χ1n) is 8.50. The van der Waals surface area contributed by atoms with Gasteiger partial charge in [-0.2, -0.15) is 0 Å². The van der Waals surface area contributed by atoms with Crippen LogP contribution in [-0.4, -0.2) is 31.0 Å². The average Bonchev–Trinajstić information content (AvgIpc) is 2.93. The normalized spacial score (nSPS) is 13.7. The maximum absolute atomic E-state index is 13.8. The molecule has 140 valence electrons. The summed E-state index contributed by atoms with van der Waals surface area (Å²) < 4.78 is 19.1. The molecule has 0 aliphatic carbocycles. The van der Waals surface area contributed by atoms with Crippen molar-refractivity contribution in [3.63, 3.8) is 0 Å². The van der Waals surface area contributed by atoms with E-state index in [0.29, 0.717) is 5.56 Å². The van der Waals surface area contributed by atoms with Crippen molar-refractivity contribution in [2.75, 3.05) is 12.4 Å². The first kappa shape index (κ1) is 18.6. The number of amides is 2. The van der Waals surface area contributed by atoms with Crippen molar-refractivity contribution in [1.29, 1.82) is 0 Å². The SMILES string of the molecule is CNc1c(CC(C)F)c(C(=O)OCc2ccccc2)cc2c1C(=O)NC2=O. The lowest BCUT2D eigenvalue weighted by molar-refractivity contribution is 0.0471. The summed E-state index contributed by atoms with van der Waals surface area (Å²) in [6.45, 7) is 1.40. The molecule has 0 fully saturated rings.